The maximum atomic E-state index is 11.1. The van der Waals surface area contributed by atoms with Crippen molar-refractivity contribution in [2.75, 3.05) is 0 Å². The van der Waals surface area contributed by atoms with E-state index in [9.17, 15) is 9.59 Å². The molecule has 0 radical (unpaired) electrons. The Labute approximate surface area is 113 Å². The third-order valence-corrected chi connectivity index (χ3v) is 3.91. The highest BCUT2D eigenvalue weighted by atomic mass is 32.1. The fraction of sp³-hybridized carbons (Fsp3) is 0. The molecule has 0 aliphatic rings. The standard InChI is InChI=1S/C14H10O2S2/c15-9-11(7-13-3-1-5-17-13)12(10-16)8-14-4-2-6-18-14/h1-10H/b11-7-,12-8-. The summed E-state index contributed by atoms with van der Waals surface area (Å²) in [7, 11) is 0. The average Bonchev–Trinajstić information content (AvgIpc) is 3.06. The second-order valence-electron chi connectivity index (χ2n) is 3.47. The van der Waals surface area contributed by atoms with Crippen molar-refractivity contribution in [3.8, 4) is 0 Å². The van der Waals surface area contributed by atoms with E-state index in [4.69, 9.17) is 0 Å². The van der Waals surface area contributed by atoms with Crippen LogP contribution in [0.3, 0.4) is 0 Å². The van der Waals surface area contributed by atoms with Gasteiger partial charge in [0.2, 0.25) is 0 Å². The molecule has 0 unspecified atom stereocenters. The summed E-state index contributed by atoms with van der Waals surface area (Å²) in [5, 5.41) is 3.86. The molecule has 0 aliphatic heterocycles. The van der Waals surface area contributed by atoms with Crippen LogP contribution in [0.4, 0.5) is 0 Å². The Balaban J connectivity index is 2.36. The molecule has 2 nitrogen and oxygen atoms in total. The highest BCUT2D eigenvalue weighted by Gasteiger charge is 2.05. The van der Waals surface area contributed by atoms with Crippen molar-refractivity contribution in [1.82, 2.24) is 0 Å². The Hall–Kier alpha value is -1.78. The molecule has 0 N–H and O–H groups in total. The van der Waals surface area contributed by atoms with Gasteiger partial charge >= 0.3 is 0 Å². The van der Waals surface area contributed by atoms with Crippen LogP contribution in [0, 0.1) is 0 Å². The summed E-state index contributed by atoms with van der Waals surface area (Å²) in [6, 6.07) is 7.62. The van der Waals surface area contributed by atoms with Crippen LogP contribution < -0.4 is 0 Å². The zero-order chi connectivity index (χ0) is 12.8. The van der Waals surface area contributed by atoms with E-state index >= 15 is 0 Å². The van der Waals surface area contributed by atoms with Gasteiger partial charge in [-0.25, -0.2) is 0 Å². The SMILES string of the molecule is O=CC(=C/c1cccs1)/C(C=O)=C\c1cccs1. The zero-order valence-electron chi connectivity index (χ0n) is 9.41. The molecule has 0 aromatic carbocycles. The predicted octanol–water partition coefficient (Wildman–Crippen LogP) is 3.67. The molecule has 0 fully saturated rings. The molecular formula is C14H10O2S2. The van der Waals surface area contributed by atoms with Crippen molar-refractivity contribution in [2.45, 2.75) is 0 Å². The molecule has 0 amide bonds. The molecule has 2 heterocycles. The minimum atomic E-state index is 0.404. The Morgan fingerprint density at radius 2 is 1.28 bits per heavy atom. The van der Waals surface area contributed by atoms with Crippen LogP contribution in [0.5, 0.6) is 0 Å². The van der Waals surface area contributed by atoms with Crippen LogP contribution in [-0.2, 0) is 9.59 Å². The Morgan fingerprint density at radius 3 is 1.56 bits per heavy atom. The molecule has 2 aromatic heterocycles. The Kier molecular flexibility index (Phi) is 4.39. The average molecular weight is 274 g/mol. The topological polar surface area (TPSA) is 34.1 Å². The van der Waals surface area contributed by atoms with Crippen LogP contribution >= 0.6 is 22.7 Å². The largest absolute Gasteiger partial charge is 0.298 e. The molecule has 90 valence electrons. The van der Waals surface area contributed by atoms with Gasteiger partial charge in [-0.2, -0.15) is 0 Å². The van der Waals surface area contributed by atoms with Gasteiger partial charge in [0, 0.05) is 20.9 Å². The molecule has 0 saturated heterocycles. The van der Waals surface area contributed by atoms with Crippen LogP contribution in [0.1, 0.15) is 9.75 Å². The van der Waals surface area contributed by atoms with E-state index in [0.717, 1.165) is 9.75 Å². The molecule has 0 saturated carbocycles. The number of aldehydes is 2. The maximum absolute atomic E-state index is 11.1. The van der Waals surface area contributed by atoms with Crippen molar-refractivity contribution < 1.29 is 9.59 Å². The van der Waals surface area contributed by atoms with Crippen molar-refractivity contribution in [2.24, 2.45) is 0 Å². The number of hydrogen-bond acceptors (Lipinski definition) is 4. The number of thiophene rings is 2. The van der Waals surface area contributed by atoms with Crippen LogP contribution in [0.25, 0.3) is 12.2 Å². The third kappa shape index (κ3) is 3.12. The molecule has 4 heteroatoms. The van der Waals surface area contributed by atoms with Gasteiger partial charge in [-0.3, -0.25) is 9.59 Å². The molecule has 18 heavy (non-hydrogen) atoms. The number of allylic oxidation sites excluding steroid dienone is 2. The van der Waals surface area contributed by atoms with Crippen molar-refractivity contribution >= 4 is 47.4 Å². The molecule has 0 spiro atoms. The summed E-state index contributed by atoms with van der Waals surface area (Å²) >= 11 is 3.05. The number of carbonyl (C=O) groups is 2. The van der Waals surface area contributed by atoms with Crippen molar-refractivity contribution in [3.05, 3.63) is 55.9 Å². The third-order valence-electron chi connectivity index (χ3n) is 2.27. The maximum Gasteiger partial charge on any atom is 0.150 e. The highest BCUT2D eigenvalue weighted by Crippen LogP contribution is 2.19. The quantitative estimate of drug-likeness (QED) is 0.473. The van der Waals surface area contributed by atoms with E-state index in [-0.39, 0.29) is 0 Å². The fourth-order valence-corrected chi connectivity index (χ4v) is 2.76. The monoisotopic (exact) mass is 274 g/mol. The molecule has 0 bridgehead atoms. The number of rotatable bonds is 5. The molecule has 2 rings (SSSR count). The summed E-state index contributed by atoms with van der Waals surface area (Å²) in [4.78, 5) is 24.1. The first-order valence-electron chi connectivity index (χ1n) is 5.24. The van der Waals surface area contributed by atoms with Crippen molar-refractivity contribution in [1.29, 1.82) is 0 Å². The van der Waals surface area contributed by atoms with Gasteiger partial charge < -0.3 is 0 Å². The van der Waals surface area contributed by atoms with Gasteiger partial charge in [-0.15, -0.1) is 22.7 Å². The molecule has 0 aliphatic carbocycles. The summed E-state index contributed by atoms with van der Waals surface area (Å²) in [6.45, 7) is 0. The van der Waals surface area contributed by atoms with Gasteiger partial charge in [0.05, 0.1) is 0 Å². The van der Waals surface area contributed by atoms with Gasteiger partial charge in [-0.1, -0.05) is 12.1 Å². The van der Waals surface area contributed by atoms with Gasteiger partial charge in [0.25, 0.3) is 0 Å². The van der Waals surface area contributed by atoms with Gasteiger partial charge in [0.1, 0.15) is 0 Å². The lowest BCUT2D eigenvalue weighted by Crippen LogP contribution is -1.92. The zero-order valence-corrected chi connectivity index (χ0v) is 11.0. The van der Waals surface area contributed by atoms with E-state index in [1.807, 2.05) is 35.0 Å². The van der Waals surface area contributed by atoms with E-state index in [2.05, 4.69) is 0 Å². The molecular weight excluding hydrogens is 264 g/mol. The summed E-state index contributed by atoms with van der Waals surface area (Å²) in [6.07, 6.45) is 4.89. The van der Waals surface area contributed by atoms with Crippen LogP contribution in [0.2, 0.25) is 0 Å². The fourth-order valence-electron chi connectivity index (χ4n) is 1.42. The van der Waals surface area contributed by atoms with E-state index in [0.29, 0.717) is 23.7 Å². The summed E-state index contributed by atoms with van der Waals surface area (Å²) in [5.41, 5.74) is 0.807. The Morgan fingerprint density at radius 1 is 0.833 bits per heavy atom. The first kappa shape index (κ1) is 12.7. The lowest BCUT2D eigenvalue weighted by atomic mass is 10.1. The van der Waals surface area contributed by atoms with E-state index in [1.54, 1.807) is 12.2 Å². The van der Waals surface area contributed by atoms with E-state index in [1.165, 1.54) is 22.7 Å². The molecule has 0 atom stereocenters. The van der Waals surface area contributed by atoms with Gasteiger partial charge in [-0.05, 0) is 35.0 Å². The number of hydrogen-bond donors (Lipinski definition) is 0. The second-order valence-corrected chi connectivity index (χ2v) is 5.42. The molecule has 2 aromatic rings. The lowest BCUT2D eigenvalue weighted by Gasteiger charge is -1.97. The van der Waals surface area contributed by atoms with Gasteiger partial charge in [0.15, 0.2) is 12.6 Å². The Bertz CT molecular complexity index is 521. The van der Waals surface area contributed by atoms with Crippen LogP contribution in [0.15, 0.2) is 46.2 Å². The summed E-state index contributed by atoms with van der Waals surface area (Å²) < 4.78 is 0. The first-order chi connectivity index (χ1) is 8.83. The number of carbonyl (C=O) groups excluding carboxylic acids is 2. The minimum Gasteiger partial charge on any atom is -0.298 e. The second kappa shape index (κ2) is 6.23. The first-order valence-corrected chi connectivity index (χ1v) is 7.00. The van der Waals surface area contributed by atoms with E-state index < -0.39 is 0 Å². The van der Waals surface area contributed by atoms with Crippen LogP contribution in [-0.4, -0.2) is 12.6 Å². The van der Waals surface area contributed by atoms with Crippen molar-refractivity contribution in [3.63, 3.8) is 0 Å². The lowest BCUT2D eigenvalue weighted by molar-refractivity contribution is -0.107. The minimum absolute atomic E-state index is 0.404. The highest BCUT2D eigenvalue weighted by molar-refractivity contribution is 7.11. The summed E-state index contributed by atoms with van der Waals surface area (Å²) in [5.74, 6) is 0. The smallest absolute Gasteiger partial charge is 0.150 e. The predicted molar refractivity (Wildman–Crippen MR) is 76.7 cm³/mol. The normalized spacial score (nSPS) is 12.4.